The highest BCUT2D eigenvalue weighted by molar-refractivity contribution is 6.33. The molecule has 0 unspecified atom stereocenters. The van der Waals surface area contributed by atoms with Crippen molar-refractivity contribution in [1.29, 1.82) is 0 Å². The summed E-state index contributed by atoms with van der Waals surface area (Å²) in [6.45, 7) is 1.39. The number of benzene rings is 2. The van der Waals surface area contributed by atoms with E-state index in [1.165, 1.54) is 11.7 Å². The van der Waals surface area contributed by atoms with Gasteiger partial charge in [-0.3, -0.25) is 9.59 Å². The molecular weight excluding hydrogens is 455 g/mol. The van der Waals surface area contributed by atoms with Crippen molar-refractivity contribution in [2.24, 2.45) is 0 Å². The highest BCUT2D eigenvalue weighted by Gasteiger charge is 2.23. The number of aromatic nitrogens is 2. The first kappa shape index (κ1) is 23.3. The molecule has 2 N–H and O–H groups in total. The van der Waals surface area contributed by atoms with E-state index in [0.29, 0.717) is 22.0 Å². The second kappa shape index (κ2) is 10.3. The van der Waals surface area contributed by atoms with Crippen LogP contribution in [0.2, 0.25) is 10.2 Å². The fourth-order valence-electron chi connectivity index (χ4n) is 2.93. The summed E-state index contributed by atoms with van der Waals surface area (Å²) in [6.07, 6.45) is 0. The Bertz CT molecular complexity index is 1160. The minimum Gasteiger partial charge on any atom is -0.452 e. The number of aryl methyl sites for hydroxylation is 1. The molecule has 0 radical (unpaired) electrons. The summed E-state index contributed by atoms with van der Waals surface area (Å²) in [4.78, 5) is 36.2. The van der Waals surface area contributed by atoms with Gasteiger partial charge in [0.15, 0.2) is 6.61 Å². The molecule has 1 aromatic heterocycles. The van der Waals surface area contributed by atoms with Gasteiger partial charge in [0.05, 0.1) is 12.2 Å². The summed E-state index contributed by atoms with van der Waals surface area (Å²) in [5, 5.41) is 10.0. The van der Waals surface area contributed by atoms with Crippen molar-refractivity contribution >= 4 is 46.7 Å². The molecule has 0 fully saturated rings. The normalized spacial score (nSPS) is 10.5. The van der Waals surface area contributed by atoms with Crippen LogP contribution in [0.15, 0.2) is 48.5 Å². The van der Waals surface area contributed by atoms with Crippen molar-refractivity contribution in [2.45, 2.75) is 13.5 Å². The zero-order valence-corrected chi connectivity index (χ0v) is 18.8. The van der Waals surface area contributed by atoms with Gasteiger partial charge < -0.3 is 15.4 Å². The third-order valence-corrected chi connectivity index (χ3v) is 5.29. The highest BCUT2D eigenvalue weighted by Crippen LogP contribution is 2.24. The molecule has 1 heterocycles. The molecule has 2 amide bonds. The van der Waals surface area contributed by atoms with E-state index < -0.39 is 18.5 Å². The largest absolute Gasteiger partial charge is 0.452 e. The predicted molar refractivity (Wildman–Crippen MR) is 121 cm³/mol. The summed E-state index contributed by atoms with van der Waals surface area (Å²) in [5.74, 6) is -1.54. The average Bonchev–Trinajstić information content (AvgIpc) is 3.06. The standard InChI is InChI=1S/C22H20Cl2N4O4/c1-13-19(20(24)28(27-13)11-15-5-3-4-6-17(15)23)22(31)32-12-18(29)26-16-9-7-14(8-10-16)21(30)25-2/h3-10H,11-12H2,1-2H3,(H,25,30)(H,26,29). The molecule has 0 saturated heterocycles. The van der Waals surface area contributed by atoms with Gasteiger partial charge in [-0.2, -0.15) is 5.10 Å². The van der Waals surface area contributed by atoms with E-state index >= 15 is 0 Å². The molecule has 0 aliphatic rings. The maximum absolute atomic E-state index is 12.5. The second-order valence-corrected chi connectivity index (χ2v) is 7.55. The summed E-state index contributed by atoms with van der Waals surface area (Å²) >= 11 is 12.5. The molecule has 166 valence electrons. The SMILES string of the molecule is CNC(=O)c1ccc(NC(=O)COC(=O)c2c(C)nn(Cc3ccccc3Cl)c2Cl)cc1. The Hall–Kier alpha value is -3.36. The number of carbonyl (C=O) groups excluding carboxylic acids is 3. The van der Waals surface area contributed by atoms with Gasteiger partial charge in [0.1, 0.15) is 10.7 Å². The lowest BCUT2D eigenvalue weighted by molar-refractivity contribution is -0.119. The van der Waals surface area contributed by atoms with Gasteiger partial charge in [0.2, 0.25) is 0 Å². The van der Waals surface area contributed by atoms with Gasteiger partial charge in [-0.15, -0.1) is 0 Å². The maximum Gasteiger partial charge on any atom is 0.343 e. The van der Waals surface area contributed by atoms with Crippen LogP contribution in [-0.4, -0.2) is 41.2 Å². The summed E-state index contributed by atoms with van der Waals surface area (Å²) in [5.41, 5.74) is 2.16. The summed E-state index contributed by atoms with van der Waals surface area (Å²) in [6, 6.07) is 13.5. The van der Waals surface area contributed by atoms with Crippen molar-refractivity contribution in [2.75, 3.05) is 19.0 Å². The molecule has 10 heteroatoms. The van der Waals surface area contributed by atoms with Crippen LogP contribution in [0.5, 0.6) is 0 Å². The number of halogens is 2. The average molecular weight is 475 g/mol. The molecule has 0 atom stereocenters. The number of hydrogen-bond acceptors (Lipinski definition) is 5. The Morgan fingerprint density at radius 3 is 2.41 bits per heavy atom. The lowest BCUT2D eigenvalue weighted by Crippen LogP contribution is -2.21. The first-order chi connectivity index (χ1) is 15.3. The lowest BCUT2D eigenvalue weighted by atomic mass is 10.2. The molecule has 2 aromatic carbocycles. The van der Waals surface area contributed by atoms with Gasteiger partial charge in [-0.05, 0) is 42.8 Å². The number of nitrogens with zero attached hydrogens (tertiary/aromatic N) is 2. The van der Waals surface area contributed by atoms with Gasteiger partial charge >= 0.3 is 5.97 Å². The first-order valence-electron chi connectivity index (χ1n) is 9.55. The second-order valence-electron chi connectivity index (χ2n) is 6.78. The van der Waals surface area contributed by atoms with Crippen molar-refractivity contribution in [1.82, 2.24) is 15.1 Å². The Kier molecular flexibility index (Phi) is 7.50. The van der Waals surface area contributed by atoms with E-state index in [0.717, 1.165) is 5.56 Å². The molecule has 3 aromatic rings. The smallest absolute Gasteiger partial charge is 0.343 e. The van der Waals surface area contributed by atoms with Crippen molar-refractivity contribution in [3.8, 4) is 0 Å². The summed E-state index contributed by atoms with van der Waals surface area (Å²) in [7, 11) is 1.53. The number of amides is 2. The van der Waals surface area contributed by atoms with Crippen LogP contribution >= 0.6 is 23.2 Å². The molecule has 0 aliphatic carbocycles. The molecule has 32 heavy (non-hydrogen) atoms. The van der Waals surface area contributed by atoms with E-state index in [-0.39, 0.29) is 23.2 Å². The van der Waals surface area contributed by atoms with Gasteiger partial charge in [-0.25, -0.2) is 9.48 Å². The van der Waals surface area contributed by atoms with Crippen LogP contribution in [0.25, 0.3) is 0 Å². The van der Waals surface area contributed by atoms with Crippen LogP contribution in [0.3, 0.4) is 0 Å². The number of esters is 1. The predicted octanol–water partition coefficient (Wildman–Crippen LogP) is 3.70. The molecule has 0 bridgehead atoms. The van der Waals surface area contributed by atoms with E-state index in [2.05, 4.69) is 15.7 Å². The van der Waals surface area contributed by atoms with Crippen molar-refractivity contribution in [3.63, 3.8) is 0 Å². The van der Waals surface area contributed by atoms with Crippen LogP contribution in [0, 0.1) is 6.92 Å². The number of nitrogens with one attached hydrogen (secondary N) is 2. The lowest BCUT2D eigenvalue weighted by Gasteiger charge is -2.08. The van der Waals surface area contributed by atoms with Crippen molar-refractivity contribution in [3.05, 3.63) is 81.1 Å². The highest BCUT2D eigenvalue weighted by atomic mass is 35.5. The fraction of sp³-hybridized carbons (Fsp3) is 0.182. The molecular formula is C22H20Cl2N4O4. The van der Waals surface area contributed by atoms with Gasteiger partial charge in [-0.1, -0.05) is 41.4 Å². The van der Waals surface area contributed by atoms with Crippen LogP contribution < -0.4 is 10.6 Å². The van der Waals surface area contributed by atoms with E-state index in [9.17, 15) is 14.4 Å². The number of anilines is 1. The number of hydrogen-bond donors (Lipinski definition) is 2. The van der Waals surface area contributed by atoms with Gasteiger partial charge in [0.25, 0.3) is 11.8 Å². The van der Waals surface area contributed by atoms with E-state index in [4.69, 9.17) is 27.9 Å². The zero-order chi connectivity index (χ0) is 23.3. The Balaban J connectivity index is 1.61. The van der Waals surface area contributed by atoms with Crippen LogP contribution in [0.1, 0.15) is 32.0 Å². The number of ether oxygens (including phenoxy) is 1. The molecule has 0 saturated carbocycles. The molecule has 8 nitrogen and oxygen atoms in total. The van der Waals surface area contributed by atoms with Crippen LogP contribution in [-0.2, 0) is 16.1 Å². The Morgan fingerprint density at radius 1 is 1.06 bits per heavy atom. The fourth-order valence-corrected chi connectivity index (χ4v) is 3.43. The quantitative estimate of drug-likeness (QED) is 0.508. The molecule has 3 rings (SSSR count). The minimum absolute atomic E-state index is 0.0847. The summed E-state index contributed by atoms with van der Waals surface area (Å²) < 4.78 is 6.56. The number of rotatable bonds is 7. The Labute approximate surface area is 194 Å². The third kappa shape index (κ3) is 5.46. The zero-order valence-electron chi connectivity index (χ0n) is 17.3. The molecule has 0 aliphatic heterocycles. The first-order valence-corrected chi connectivity index (χ1v) is 10.3. The number of carbonyl (C=O) groups is 3. The third-order valence-electron chi connectivity index (χ3n) is 4.54. The topological polar surface area (TPSA) is 102 Å². The van der Waals surface area contributed by atoms with Crippen molar-refractivity contribution < 1.29 is 19.1 Å². The van der Waals surface area contributed by atoms with E-state index in [1.807, 2.05) is 18.2 Å². The minimum atomic E-state index is -0.761. The molecule has 0 spiro atoms. The van der Waals surface area contributed by atoms with Gasteiger partial charge in [0, 0.05) is 23.3 Å². The van der Waals surface area contributed by atoms with Crippen LogP contribution in [0.4, 0.5) is 5.69 Å². The Morgan fingerprint density at radius 2 is 1.75 bits per heavy atom. The monoisotopic (exact) mass is 474 g/mol. The maximum atomic E-state index is 12.5. The van der Waals surface area contributed by atoms with E-state index in [1.54, 1.807) is 37.3 Å².